The first-order valence-corrected chi connectivity index (χ1v) is 9.97. The Morgan fingerprint density at radius 2 is 1.82 bits per heavy atom. The van der Waals surface area contributed by atoms with Crippen molar-refractivity contribution in [1.82, 2.24) is 4.90 Å². The summed E-state index contributed by atoms with van der Waals surface area (Å²) in [6, 6.07) is 15.9. The number of amides is 2. The van der Waals surface area contributed by atoms with E-state index in [-0.39, 0.29) is 30.9 Å². The molecule has 1 N–H and O–H groups in total. The topological polar surface area (TPSA) is 52.7 Å². The maximum Gasteiger partial charge on any atom is 0.241 e. The fourth-order valence-corrected chi connectivity index (χ4v) is 3.85. The molecular formula is C23H29N3O2. The van der Waals surface area contributed by atoms with E-state index in [9.17, 15) is 9.59 Å². The molecule has 0 saturated carbocycles. The third kappa shape index (κ3) is 4.60. The van der Waals surface area contributed by atoms with E-state index in [4.69, 9.17) is 0 Å². The quantitative estimate of drug-likeness (QED) is 0.799. The standard InChI is InChI=1S/C23H29N3O2/c1-4-13-25(15-22(27)24-20-11-7-5-9-17(20)2)16-23(28)26-18(3)14-19-10-6-8-12-21(19)26/h5-12,18H,4,13-16H2,1-3H3,(H,24,27)/t18-/m1/s1. The Hall–Kier alpha value is -2.66. The lowest BCUT2D eigenvalue weighted by molar-refractivity contribution is -0.121. The summed E-state index contributed by atoms with van der Waals surface area (Å²) in [5.41, 5.74) is 4.05. The van der Waals surface area contributed by atoms with Gasteiger partial charge in [0, 0.05) is 17.4 Å². The Balaban J connectivity index is 1.65. The number of nitrogens with zero attached hydrogens (tertiary/aromatic N) is 2. The third-order valence-corrected chi connectivity index (χ3v) is 5.16. The maximum atomic E-state index is 13.1. The minimum atomic E-state index is -0.0922. The molecule has 2 aromatic carbocycles. The zero-order valence-corrected chi connectivity index (χ0v) is 16.9. The summed E-state index contributed by atoms with van der Waals surface area (Å²) < 4.78 is 0. The molecule has 5 heteroatoms. The molecule has 0 aliphatic carbocycles. The summed E-state index contributed by atoms with van der Waals surface area (Å²) in [6.45, 7) is 7.26. The van der Waals surface area contributed by atoms with Gasteiger partial charge in [0.2, 0.25) is 11.8 Å². The van der Waals surface area contributed by atoms with Crippen LogP contribution in [0.3, 0.4) is 0 Å². The van der Waals surface area contributed by atoms with Crippen molar-refractivity contribution in [3.63, 3.8) is 0 Å². The first-order chi connectivity index (χ1) is 13.5. The number of fused-ring (bicyclic) bond motifs is 1. The lowest BCUT2D eigenvalue weighted by atomic mass is 10.1. The van der Waals surface area contributed by atoms with Crippen LogP contribution in [-0.2, 0) is 16.0 Å². The number of hydrogen-bond donors (Lipinski definition) is 1. The summed E-state index contributed by atoms with van der Waals surface area (Å²) in [6.07, 6.45) is 1.76. The molecule has 2 amide bonds. The summed E-state index contributed by atoms with van der Waals surface area (Å²) in [7, 11) is 0. The number of para-hydroxylation sites is 2. The van der Waals surface area contributed by atoms with Gasteiger partial charge in [-0.3, -0.25) is 14.5 Å². The van der Waals surface area contributed by atoms with Crippen molar-refractivity contribution in [2.75, 3.05) is 29.9 Å². The molecular weight excluding hydrogens is 350 g/mol. The van der Waals surface area contributed by atoms with Crippen molar-refractivity contribution in [3.05, 3.63) is 59.7 Å². The summed E-state index contributed by atoms with van der Waals surface area (Å²) >= 11 is 0. The minimum absolute atomic E-state index is 0.0505. The van der Waals surface area contributed by atoms with Crippen LogP contribution in [0.4, 0.5) is 11.4 Å². The number of hydrogen-bond acceptors (Lipinski definition) is 3. The number of anilines is 2. The zero-order chi connectivity index (χ0) is 20.1. The Labute approximate surface area is 167 Å². The van der Waals surface area contributed by atoms with Gasteiger partial charge in [0.1, 0.15) is 0 Å². The van der Waals surface area contributed by atoms with E-state index in [1.165, 1.54) is 5.56 Å². The Morgan fingerprint density at radius 3 is 2.57 bits per heavy atom. The number of rotatable bonds is 7. The van der Waals surface area contributed by atoms with Crippen molar-refractivity contribution in [2.24, 2.45) is 0 Å². The van der Waals surface area contributed by atoms with Crippen LogP contribution in [0.25, 0.3) is 0 Å². The summed E-state index contributed by atoms with van der Waals surface area (Å²) in [5, 5.41) is 2.96. The largest absolute Gasteiger partial charge is 0.325 e. The smallest absolute Gasteiger partial charge is 0.241 e. The van der Waals surface area contributed by atoms with Gasteiger partial charge in [-0.25, -0.2) is 0 Å². The van der Waals surface area contributed by atoms with E-state index in [0.29, 0.717) is 6.54 Å². The molecule has 0 saturated heterocycles. The van der Waals surface area contributed by atoms with E-state index < -0.39 is 0 Å². The Morgan fingerprint density at radius 1 is 1.11 bits per heavy atom. The van der Waals surface area contributed by atoms with Crippen molar-refractivity contribution < 1.29 is 9.59 Å². The van der Waals surface area contributed by atoms with Gasteiger partial charge in [0.25, 0.3) is 0 Å². The molecule has 0 spiro atoms. The summed E-state index contributed by atoms with van der Waals surface area (Å²) in [5.74, 6) is -0.0417. The second-order valence-electron chi connectivity index (χ2n) is 7.52. The molecule has 148 valence electrons. The third-order valence-electron chi connectivity index (χ3n) is 5.16. The van der Waals surface area contributed by atoms with Crippen LogP contribution in [0.5, 0.6) is 0 Å². The number of nitrogens with one attached hydrogen (secondary N) is 1. The molecule has 1 aliphatic heterocycles. The highest BCUT2D eigenvalue weighted by molar-refractivity contribution is 5.98. The average molecular weight is 380 g/mol. The van der Waals surface area contributed by atoms with Crippen LogP contribution >= 0.6 is 0 Å². The number of aryl methyl sites for hydroxylation is 1. The fourth-order valence-electron chi connectivity index (χ4n) is 3.85. The van der Waals surface area contributed by atoms with E-state index in [1.54, 1.807) is 0 Å². The normalized spacial score (nSPS) is 15.6. The molecule has 0 unspecified atom stereocenters. The molecule has 0 radical (unpaired) electrons. The highest BCUT2D eigenvalue weighted by Crippen LogP contribution is 2.31. The molecule has 0 aromatic heterocycles. The summed E-state index contributed by atoms with van der Waals surface area (Å²) in [4.78, 5) is 29.4. The fraction of sp³-hybridized carbons (Fsp3) is 0.391. The maximum absolute atomic E-state index is 13.1. The van der Waals surface area contributed by atoms with Gasteiger partial charge in [0.05, 0.1) is 13.1 Å². The first-order valence-electron chi connectivity index (χ1n) is 9.97. The van der Waals surface area contributed by atoms with E-state index >= 15 is 0 Å². The van der Waals surface area contributed by atoms with Gasteiger partial charge in [-0.15, -0.1) is 0 Å². The molecule has 1 atom stereocenters. The molecule has 0 fully saturated rings. The van der Waals surface area contributed by atoms with Gasteiger partial charge in [-0.1, -0.05) is 43.3 Å². The average Bonchev–Trinajstić information content (AvgIpc) is 2.99. The van der Waals surface area contributed by atoms with Gasteiger partial charge in [-0.2, -0.15) is 0 Å². The molecule has 2 aromatic rings. The molecule has 1 aliphatic rings. The van der Waals surface area contributed by atoms with Crippen LogP contribution in [-0.4, -0.2) is 42.4 Å². The predicted octanol–water partition coefficient (Wildman–Crippen LogP) is 3.62. The van der Waals surface area contributed by atoms with Crippen LogP contribution in [0.15, 0.2) is 48.5 Å². The van der Waals surface area contributed by atoms with Crippen molar-refractivity contribution in [3.8, 4) is 0 Å². The van der Waals surface area contributed by atoms with E-state index in [1.807, 2.05) is 59.2 Å². The van der Waals surface area contributed by atoms with Crippen LogP contribution in [0.2, 0.25) is 0 Å². The molecule has 5 nitrogen and oxygen atoms in total. The van der Waals surface area contributed by atoms with Gasteiger partial charge in [0.15, 0.2) is 0 Å². The van der Waals surface area contributed by atoms with Crippen LogP contribution in [0.1, 0.15) is 31.4 Å². The van der Waals surface area contributed by atoms with Crippen molar-refractivity contribution >= 4 is 23.2 Å². The predicted molar refractivity (Wildman–Crippen MR) is 114 cm³/mol. The number of carbonyl (C=O) groups is 2. The minimum Gasteiger partial charge on any atom is -0.325 e. The molecule has 1 heterocycles. The van der Waals surface area contributed by atoms with Gasteiger partial charge in [-0.05, 0) is 56.5 Å². The number of benzene rings is 2. The zero-order valence-electron chi connectivity index (χ0n) is 16.9. The Bertz CT molecular complexity index is 849. The monoisotopic (exact) mass is 379 g/mol. The van der Waals surface area contributed by atoms with Crippen molar-refractivity contribution in [2.45, 2.75) is 39.7 Å². The lowest BCUT2D eigenvalue weighted by Gasteiger charge is -2.27. The highest BCUT2D eigenvalue weighted by atomic mass is 16.2. The first kappa shape index (κ1) is 20.1. The second kappa shape index (κ2) is 9.02. The molecule has 3 rings (SSSR count). The van der Waals surface area contributed by atoms with Gasteiger partial charge < -0.3 is 10.2 Å². The van der Waals surface area contributed by atoms with E-state index in [0.717, 1.165) is 29.8 Å². The highest BCUT2D eigenvalue weighted by Gasteiger charge is 2.31. The lowest BCUT2D eigenvalue weighted by Crippen LogP contribution is -2.45. The van der Waals surface area contributed by atoms with Crippen LogP contribution < -0.4 is 10.2 Å². The van der Waals surface area contributed by atoms with Crippen LogP contribution in [0, 0.1) is 6.92 Å². The molecule has 28 heavy (non-hydrogen) atoms. The second-order valence-corrected chi connectivity index (χ2v) is 7.52. The molecule has 0 bridgehead atoms. The SMILES string of the molecule is CCCN(CC(=O)Nc1ccccc1C)CC(=O)N1c2ccccc2C[C@H]1C. The van der Waals surface area contributed by atoms with E-state index in [2.05, 4.69) is 25.2 Å². The van der Waals surface area contributed by atoms with Crippen molar-refractivity contribution in [1.29, 1.82) is 0 Å². The van der Waals surface area contributed by atoms with Gasteiger partial charge >= 0.3 is 0 Å². The Kier molecular flexibility index (Phi) is 6.47. The number of carbonyl (C=O) groups excluding carboxylic acids is 2.